The van der Waals surface area contributed by atoms with Gasteiger partial charge in [-0.2, -0.15) is 0 Å². The Hall–Kier alpha value is -3.24. The molecule has 0 unspecified atom stereocenters. The van der Waals surface area contributed by atoms with Gasteiger partial charge in [0.15, 0.2) is 0 Å². The van der Waals surface area contributed by atoms with Crippen LogP contribution in [0.1, 0.15) is 21.5 Å². The van der Waals surface area contributed by atoms with Gasteiger partial charge in [-0.25, -0.2) is 0 Å². The number of amides is 1. The predicted molar refractivity (Wildman–Crippen MR) is 103 cm³/mol. The third-order valence-corrected chi connectivity index (χ3v) is 5.29. The number of carbonyl (C=O) groups is 2. The lowest BCUT2D eigenvalue weighted by atomic mass is 9.70. The van der Waals surface area contributed by atoms with Crippen LogP contribution in [-0.4, -0.2) is 57.9 Å². The summed E-state index contributed by atoms with van der Waals surface area (Å²) in [6.07, 6.45) is -0.0000120. The third-order valence-electron chi connectivity index (χ3n) is 5.29. The normalized spacial score (nSPS) is 17.5. The summed E-state index contributed by atoms with van der Waals surface area (Å²) < 4.78 is 10.8. The number of hydrogen-bond acceptors (Lipinski definition) is 8. The maximum absolute atomic E-state index is 12.3. The standard InChI is InChI=1S/C20H21BNO8/c23-14-4-1-12(2-5-14)9-17(24)22-10-15(11-22)29-16-6-3-13-7-8-21(27,28)30-19(13)18(16)20(25)26/h1-6,15,23,27-28H,7-11H2,(H,25,26)/q-1/p-1. The molecule has 4 rings (SSSR count). The number of benzene rings is 2. The molecule has 1 fully saturated rings. The van der Waals surface area contributed by atoms with Crippen molar-refractivity contribution in [1.82, 2.24) is 4.90 Å². The summed E-state index contributed by atoms with van der Waals surface area (Å²) in [7, 11) is 0. The number of phenolic OH excluding ortho intramolecular Hbond substituents is 1. The lowest BCUT2D eigenvalue weighted by Gasteiger charge is -2.41. The zero-order valence-corrected chi connectivity index (χ0v) is 16.0. The molecule has 1 saturated heterocycles. The topological polar surface area (TPSA) is 140 Å². The molecule has 1 amide bonds. The van der Waals surface area contributed by atoms with Crippen LogP contribution in [0.2, 0.25) is 6.32 Å². The monoisotopic (exact) mass is 413 g/mol. The molecule has 2 aliphatic heterocycles. The van der Waals surface area contributed by atoms with Gasteiger partial charge >= 0.3 is 6.75 Å². The number of rotatable bonds is 5. The quantitative estimate of drug-likeness (QED) is 0.555. The Labute approximate surface area is 172 Å². The fraction of sp³-hybridized carbons (Fsp3) is 0.300. The van der Waals surface area contributed by atoms with Crippen molar-refractivity contribution < 1.29 is 39.2 Å². The van der Waals surface area contributed by atoms with Gasteiger partial charge in [-0.3, -0.25) is 4.79 Å². The first kappa shape index (κ1) is 20.1. The van der Waals surface area contributed by atoms with Crippen LogP contribution in [0.15, 0.2) is 36.4 Å². The Morgan fingerprint density at radius 2 is 1.87 bits per heavy atom. The maximum Gasteiger partial charge on any atom is 0.430 e. The molecule has 0 saturated carbocycles. The van der Waals surface area contributed by atoms with E-state index in [-0.39, 0.29) is 61.0 Å². The highest BCUT2D eigenvalue weighted by molar-refractivity contribution is 6.59. The van der Waals surface area contributed by atoms with Gasteiger partial charge in [0.1, 0.15) is 17.6 Å². The van der Waals surface area contributed by atoms with E-state index in [4.69, 9.17) is 9.39 Å². The van der Waals surface area contributed by atoms with Crippen LogP contribution in [0.3, 0.4) is 0 Å². The fourth-order valence-electron chi connectivity index (χ4n) is 3.62. The van der Waals surface area contributed by atoms with E-state index >= 15 is 0 Å². The minimum absolute atomic E-state index is 0.00196. The maximum atomic E-state index is 12.3. The number of likely N-dealkylation sites (tertiary alicyclic amines) is 1. The first-order valence-electron chi connectivity index (χ1n) is 9.61. The lowest BCUT2D eigenvalue weighted by Crippen LogP contribution is -2.56. The number of aromatic hydroxyl groups is 1. The second-order valence-electron chi connectivity index (χ2n) is 7.61. The van der Waals surface area contributed by atoms with Crippen molar-refractivity contribution in [2.24, 2.45) is 0 Å². The van der Waals surface area contributed by atoms with Gasteiger partial charge in [0.25, 0.3) is 0 Å². The summed E-state index contributed by atoms with van der Waals surface area (Å²) in [6, 6.07) is 9.48. The minimum Gasteiger partial charge on any atom is -0.669 e. The van der Waals surface area contributed by atoms with E-state index < -0.39 is 18.8 Å². The van der Waals surface area contributed by atoms with Gasteiger partial charge in [0, 0.05) is 0 Å². The van der Waals surface area contributed by atoms with Gasteiger partial charge in [-0.1, -0.05) is 24.5 Å². The lowest BCUT2D eigenvalue weighted by molar-refractivity contribution is -0.255. The molecular formula is C20H20BNO8-2. The van der Waals surface area contributed by atoms with Gasteiger partial charge < -0.3 is 39.3 Å². The summed E-state index contributed by atoms with van der Waals surface area (Å²) in [6.45, 7) is -2.56. The van der Waals surface area contributed by atoms with Crippen LogP contribution >= 0.6 is 0 Å². The fourth-order valence-corrected chi connectivity index (χ4v) is 3.62. The van der Waals surface area contributed by atoms with Crippen molar-refractivity contribution in [3.05, 3.63) is 53.1 Å². The van der Waals surface area contributed by atoms with E-state index in [1.165, 1.54) is 18.2 Å². The molecule has 0 spiro atoms. The molecule has 0 bridgehead atoms. The zero-order chi connectivity index (χ0) is 21.5. The van der Waals surface area contributed by atoms with Crippen molar-refractivity contribution in [3.8, 4) is 17.2 Å². The average Bonchev–Trinajstić information content (AvgIpc) is 2.64. The molecule has 0 atom stereocenters. The first-order valence-corrected chi connectivity index (χ1v) is 9.61. The molecule has 0 aromatic heterocycles. The second kappa shape index (κ2) is 7.54. The number of carbonyl (C=O) groups excluding carboxylic acids is 2. The van der Waals surface area contributed by atoms with Crippen molar-refractivity contribution in [1.29, 1.82) is 0 Å². The van der Waals surface area contributed by atoms with E-state index in [1.807, 2.05) is 0 Å². The number of aromatic carboxylic acids is 1. The van der Waals surface area contributed by atoms with Gasteiger partial charge in [-0.15, -0.1) is 0 Å². The number of carboxylic acids is 1. The van der Waals surface area contributed by atoms with Crippen molar-refractivity contribution >= 4 is 18.6 Å². The Balaban J connectivity index is 1.42. The summed E-state index contributed by atoms with van der Waals surface area (Å²) in [5, 5.41) is 40.5. The average molecular weight is 413 g/mol. The van der Waals surface area contributed by atoms with E-state index in [2.05, 4.69) is 0 Å². The number of nitrogens with zero attached hydrogens (tertiary/aromatic N) is 1. The number of phenols is 1. The van der Waals surface area contributed by atoms with E-state index in [1.54, 1.807) is 23.1 Å². The summed E-state index contributed by atoms with van der Waals surface area (Å²) in [5.41, 5.74) is 0.934. The summed E-state index contributed by atoms with van der Waals surface area (Å²) in [4.78, 5) is 25.6. The van der Waals surface area contributed by atoms with Crippen LogP contribution in [0, 0.1) is 0 Å². The van der Waals surface area contributed by atoms with Gasteiger partial charge in [0.05, 0.1) is 36.8 Å². The molecule has 10 heteroatoms. The summed E-state index contributed by atoms with van der Waals surface area (Å²) >= 11 is 0. The van der Waals surface area contributed by atoms with Crippen LogP contribution in [0.4, 0.5) is 0 Å². The number of aryl methyl sites for hydroxylation is 1. The van der Waals surface area contributed by atoms with E-state index in [0.29, 0.717) is 5.56 Å². The highest BCUT2D eigenvalue weighted by atomic mass is 16.6. The Bertz CT molecular complexity index is 985. The van der Waals surface area contributed by atoms with E-state index in [9.17, 15) is 29.9 Å². The number of hydrogen-bond donors (Lipinski definition) is 3. The van der Waals surface area contributed by atoms with Crippen molar-refractivity contribution in [2.75, 3.05) is 13.1 Å². The molecule has 2 heterocycles. The molecule has 9 nitrogen and oxygen atoms in total. The largest absolute Gasteiger partial charge is 0.669 e. The molecule has 0 aliphatic carbocycles. The predicted octanol–water partition coefficient (Wildman–Crippen LogP) is -0.554. The molecule has 0 radical (unpaired) electrons. The minimum atomic E-state index is -3.13. The van der Waals surface area contributed by atoms with Gasteiger partial charge in [0.2, 0.25) is 5.91 Å². The third kappa shape index (κ3) is 4.05. The molecule has 3 N–H and O–H groups in total. The molecule has 2 aliphatic rings. The zero-order valence-electron chi connectivity index (χ0n) is 16.0. The van der Waals surface area contributed by atoms with Crippen LogP contribution < -0.4 is 14.5 Å². The Kier molecular flexibility index (Phi) is 5.04. The SMILES string of the molecule is O=C([O-])c1c(OC2CN(C(=O)Cc3ccc(O)cc3)C2)ccc2c1O[B-](O)(O)CC2. The highest BCUT2D eigenvalue weighted by Gasteiger charge is 2.35. The smallest absolute Gasteiger partial charge is 0.430 e. The number of carboxylic acid groups (broad SMARTS) is 1. The van der Waals surface area contributed by atoms with Crippen molar-refractivity contribution in [3.63, 3.8) is 0 Å². The van der Waals surface area contributed by atoms with Crippen LogP contribution in [0.25, 0.3) is 0 Å². The number of fused-ring (bicyclic) bond motifs is 1. The molecule has 30 heavy (non-hydrogen) atoms. The first-order chi connectivity index (χ1) is 14.2. The molecule has 158 valence electrons. The van der Waals surface area contributed by atoms with E-state index in [0.717, 1.165) is 5.56 Å². The van der Waals surface area contributed by atoms with Crippen LogP contribution in [0.5, 0.6) is 17.2 Å². The Morgan fingerprint density at radius 1 is 1.17 bits per heavy atom. The molecule has 2 aromatic carbocycles. The van der Waals surface area contributed by atoms with Crippen LogP contribution in [-0.2, 0) is 17.6 Å². The highest BCUT2D eigenvalue weighted by Crippen LogP contribution is 2.38. The Morgan fingerprint density at radius 3 is 2.53 bits per heavy atom. The molecular weight excluding hydrogens is 393 g/mol. The molecule has 2 aromatic rings. The summed E-state index contributed by atoms with van der Waals surface area (Å²) in [5.74, 6) is -1.68. The van der Waals surface area contributed by atoms with Crippen molar-refractivity contribution in [2.45, 2.75) is 25.3 Å². The van der Waals surface area contributed by atoms with Gasteiger partial charge in [-0.05, 0) is 35.7 Å². The second-order valence-corrected chi connectivity index (χ2v) is 7.61. The number of ether oxygens (including phenoxy) is 1.